The SMILES string of the molecule is NS(=O)(=O)c1ccc(CC(=O)Nc2cccc(C3SCCCS3)c2)cc1. The summed E-state index contributed by atoms with van der Waals surface area (Å²) < 4.78 is 23.0. The highest BCUT2D eigenvalue weighted by Crippen LogP contribution is 2.44. The molecule has 1 fully saturated rings. The van der Waals surface area contributed by atoms with Gasteiger partial charge >= 0.3 is 0 Å². The van der Waals surface area contributed by atoms with Crippen LogP contribution < -0.4 is 10.5 Å². The molecular formula is C18H20N2O3S3. The largest absolute Gasteiger partial charge is 0.326 e. The molecule has 0 spiro atoms. The first-order valence-corrected chi connectivity index (χ1v) is 11.8. The van der Waals surface area contributed by atoms with Crippen molar-refractivity contribution in [3.63, 3.8) is 0 Å². The van der Waals surface area contributed by atoms with Gasteiger partial charge in [0.1, 0.15) is 0 Å². The third kappa shape index (κ3) is 5.26. The van der Waals surface area contributed by atoms with Crippen LogP contribution >= 0.6 is 23.5 Å². The average molecular weight is 409 g/mol. The van der Waals surface area contributed by atoms with Gasteiger partial charge in [-0.25, -0.2) is 13.6 Å². The molecule has 1 aliphatic rings. The molecule has 8 heteroatoms. The van der Waals surface area contributed by atoms with Crippen LogP contribution in [0.5, 0.6) is 0 Å². The Morgan fingerprint density at radius 1 is 1.12 bits per heavy atom. The van der Waals surface area contributed by atoms with Gasteiger partial charge in [0.2, 0.25) is 15.9 Å². The maximum atomic E-state index is 12.3. The van der Waals surface area contributed by atoms with E-state index < -0.39 is 10.0 Å². The number of thioether (sulfide) groups is 2. The Bertz CT molecular complexity index is 877. The van der Waals surface area contributed by atoms with Crippen molar-refractivity contribution >= 4 is 45.1 Å². The molecule has 1 saturated heterocycles. The maximum Gasteiger partial charge on any atom is 0.238 e. The lowest BCUT2D eigenvalue weighted by Gasteiger charge is -2.21. The fourth-order valence-corrected chi connectivity index (χ4v) is 6.02. The summed E-state index contributed by atoms with van der Waals surface area (Å²) in [7, 11) is -3.72. The lowest BCUT2D eigenvalue weighted by molar-refractivity contribution is -0.115. The number of hydrogen-bond acceptors (Lipinski definition) is 5. The zero-order valence-corrected chi connectivity index (χ0v) is 16.5. The molecule has 1 heterocycles. The summed E-state index contributed by atoms with van der Waals surface area (Å²) in [4.78, 5) is 12.3. The first kappa shape index (κ1) is 19.3. The summed E-state index contributed by atoms with van der Waals surface area (Å²) in [5, 5.41) is 7.99. The van der Waals surface area contributed by atoms with Crippen molar-refractivity contribution in [2.45, 2.75) is 22.3 Å². The minimum atomic E-state index is -3.72. The zero-order chi connectivity index (χ0) is 18.6. The Balaban J connectivity index is 1.63. The summed E-state index contributed by atoms with van der Waals surface area (Å²) in [6.07, 6.45) is 1.41. The van der Waals surface area contributed by atoms with Gasteiger partial charge in [-0.3, -0.25) is 4.79 Å². The van der Waals surface area contributed by atoms with Crippen LogP contribution in [0.1, 0.15) is 22.1 Å². The van der Waals surface area contributed by atoms with E-state index in [1.807, 2.05) is 41.7 Å². The first-order valence-electron chi connectivity index (χ1n) is 8.16. The number of rotatable bonds is 5. The second-order valence-electron chi connectivity index (χ2n) is 5.97. The van der Waals surface area contributed by atoms with Crippen LogP contribution in [0.2, 0.25) is 0 Å². The van der Waals surface area contributed by atoms with Crippen LogP contribution in [0.15, 0.2) is 53.4 Å². The summed E-state index contributed by atoms with van der Waals surface area (Å²) in [5.41, 5.74) is 2.72. The lowest BCUT2D eigenvalue weighted by atomic mass is 10.1. The van der Waals surface area contributed by atoms with Gasteiger partial charge in [-0.05, 0) is 53.3 Å². The van der Waals surface area contributed by atoms with Gasteiger partial charge in [0, 0.05) is 5.69 Å². The van der Waals surface area contributed by atoms with Crippen LogP contribution in [0.4, 0.5) is 5.69 Å². The standard InChI is InChI=1S/C18H20N2O3S3/c19-26(22,23)16-7-5-13(6-8-16)11-17(21)20-15-4-1-3-14(12-15)18-24-9-2-10-25-18/h1,3-8,12,18H,2,9-11H2,(H,20,21)(H2,19,22,23). The molecule has 26 heavy (non-hydrogen) atoms. The van der Waals surface area contributed by atoms with Crippen molar-refractivity contribution in [1.29, 1.82) is 0 Å². The molecule has 0 aliphatic carbocycles. The molecule has 1 amide bonds. The van der Waals surface area contributed by atoms with Gasteiger partial charge in [-0.1, -0.05) is 24.3 Å². The third-order valence-electron chi connectivity index (χ3n) is 3.89. The molecule has 1 aliphatic heterocycles. The minimum Gasteiger partial charge on any atom is -0.326 e. The number of anilines is 1. The molecule has 2 aromatic carbocycles. The summed E-state index contributed by atoms with van der Waals surface area (Å²) >= 11 is 3.88. The Morgan fingerprint density at radius 2 is 1.81 bits per heavy atom. The molecule has 5 nitrogen and oxygen atoms in total. The summed E-state index contributed by atoms with van der Waals surface area (Å²) in [6.45, 7) is 0. The van der Waals surface area contributed by atoms with Gasteiger partial charge in [0.05, 0.1) is 15.9 Å². The van der Waals surface area contributed by atoms with E-state index in [0.29, 0.717) is 4.58 Å². The molecule has 0 bridgehead atoms. The molecule has 3 rings (SSSR count). The van der Waals surface area contributed by atoms with E-state index in [9.17, 15) is 13.2 Å². The van der Waals surface area contributed by atoms with Crippen molar-refractivity contribution in [2.24, 2.45) is 5.14 Å². The third-order valence-corrected chi connectivity index (χ3v) is 7.83. The molecule has 0 aromatic heterocycles. The molecule has 0 unspecified atom stereocenters. The number of carbonyl (C=O) groups excluding carboxylic acids is 1. The van der Waals surface area contributed by atoms with Crippen molar-refractivity contribution in [3.05, 3.63) is 59.7 Å². The highest BCUT2D eigenvalue weighted by molar-refractivity contribution is 8.16. The maximum absolute atomic E-state index is 12.3. The lowest BCUT2D eigenvalue weighted by Crippen LogP contribution is -2.15. The Kier molecular flexibility index (Phi) is 6.29. The Hall–Kier alpha value is -1.48. The number of nitrogens with two attached hydrogens (primary N) is 1. The monoisotopic (exact) mass is 408 g/mol. The number of primary sulfonamides is 1. The molecule has 0 radical (unpaired) electrons. The molecule has 0 atom stereocenters. The van der Waals surface area contributed by atoms with Gasteiger partial charge in [0.25, 0.3) is 0 Å². The molecular weight excluding hydrogens is 388 g/mol. The summed E-state index contributed by atoms with van der Waals surface area (Å²) in [6, 6.07) is 14.0. The fourth-order valence-electron chi connectivity index (χ4n) is 2.63. The second-order valence-corrected chi connectivity index (χ2v) is 10.3. The normalized spacial score (nSPS) is 15.6. The van der Waals surface area contributed by atoms with Gasteiger partial charge in [-0.2, -0.15) is 0 Å². The van der Waals surface area contributed by atoms with Crippen LogP contribution in [0.25, 0.3) is 0 Å². The highest BCUT2D eigenvalue weighted by atomic mass is 32.2. The smallest absolute Gasteiger partial charge is 0.238 e. The fraction of sp³-hybridized carbons (Fsp3) is 0.278. The zero-order valence-electron chi connectivity index (χ0n) is 14.1. The van der Waals surface area contributed by atoms with Crippen LogP contribution in [-0.2, 0) is 21.2 Å². The van der Waals surface area contributed by atoms with E-state index in [2.05, 4.69) is 11.4 Å². The predicted octanol–water partition coefficient (Wildman–Crippen LogP) is 3.38. The topological polar surface area (TPSA) is 89.3 Å². The van der Waals surface area contributed by atoms with Gasteiger partial charge < -0.3 is 5.32 Å². The number of benzene rings is 2. The van der Waals surface area contributed by atoms with Gasteiger partial charge in [-0.15, -0.1) is 23.5 Å². The predicted molar refractivity (Wildman–Crippen MR) is 109 cm³/mol. The average Bonchev–Trinajstić information content (AvgIpc) is 2.62. The van der Waals surface area contributed by atoms with E-state index in [4.69, 9.17) is 5.14 Å². The number of amides is 1. The van der Waals surface area contributed by atoms with Gasteiger partial charge in [0.15, 0.2) is 0 Å². The first-order chi connectivity index (χ1) is 12.4. The van der Waals surface area contributed by atoms with Crippen molar-refractivity contribution in [3.8, 4) is 0 Å². The van der Waals surface area contributed by atoms with Crippen molar-refractivity contribution < 1.29 is 13.2 Å². The van der Waals surface area contributed by atoms with E-state index in [1.165, 1.54) is 35.6 Å². The quantitative estimate of drug-likeness (QED) is 0.792. The van der Waals surface area contributed by atoms with E-state index >= 15 is 0 Å². The number of sulfonamides is 1. The highest BCUT2D eigenvalue weighted by Gasteiger charge is 2.17. The number of hydrogen-bond donors (Lipinski definition) is 2. The molecule has 0 saturated carbocycles. The van der Waals surface area contributed by atoms with E-state index in [1.54, 1.807) is 12.1 Å². The van der Waals surface area contributed by atoms with Crippen molar-refractivity contribution in [2.75, 3.05) is 16.8 Å². The Morgan fingerprint density at radius 3 is 2.46 bits per heavy atom. The molecule has 138 valence electrons. The summed E-state index contributed by atoms with van der Waals surface area (Å²) in [5.74, 6) is 2.19. The molecule has 3 N–H and O–H groups in total. The van der Waals surface area contributed by atoms with Crippen LogP contribution in [0.3, 0.4) is 0 Å². The number of nitrogens with one attached hydrogen (secondary N) is 1. The van der Waals surface area contributed by atoms with Crippen LogP contribution in [-0.4, -0.2) is 25.8 Å². The second kappa shape index (κ2) is 8.47. The van der Waals surface area contributed by atoms with Crippen molar-refractivity contribution in [1.82, 2.24) is 0 Å². The Labute approximate surface area is 162 Å². The minimum absolute atomic E-state index is 0.0387. The van der Waals surface area contributed by atoms with E-state index in [0.717, 1.165) is 11.3 Å². The number of carbonyl (C=O) groups is 1. The molecule has 2 aromatic rings. The van der Waals surface area contributed by atoms with E-state index in [-0.39, 0.29) is 17.2 Å². The van der Waals surface area contributed by atoms with Crippen LogP contribution in [0, 0.1) is 0 Å².